The fourth-order valence-electron chi connectivity index (χ4n) is 3.29. The largest absolute Gasteiger partial charge is 0.369 e. The number of hydrogen-bond donors (Lipinski definition) is 0. The smallest absolute Gasteiger partial charge is 0.357 e. The zero-order valence-electron chi connectivity index (χ0n) is 12.4. The number of carbonyl (C=O) groups is 1. The molecule has 0 unspecified atom stereocenters. The van der Waals surface area contributed by atoms with Crippen LogP contribution < -0.4 is 4.90 Å². The van der Waals surface area contributed by atoms with E-state index in [1.165, 1.54) is 16.8 Å². The van der Waals surface area contributed by atoms with Gasteiger partial charge in [0.1, 0.15) is 0 Å². The van der Waals surface area contributed by atoms with Crippen LogP contribution in [0, 0.1) is 0 Å². The Bertz CT molecular complexity index is 699. The number of nitrogens with zero attached hydrogens (tertiary/aromatic N) is 2. The molecule has 0 aliphatic carbocycles. The SMILES string of the molecule is O=C(ON1CCN2CCc3cccc(c32)C1)c1ccccc1. The number of benzene rings is 2. The van der Waals surface area contributed by atoms with Gasteiger partial charge in [-0.15, -0.1) is 5.06 Å². The van der Waals surface area contributed by atoms with Crippen LogP contribution in [0.2, 0.25) is 0 Å². The summed E-state index contributed by atoms with van der Waals surface area (Å²) in [6, 6.07) is 15.6. The van der Waals surface area contributed by atoms with E-state index in [2.05, 4.69) is 23.1 Å². The highest BCUT2D eigenvalue weighted by Gasteiger charge is 2.27. The average Bonchev–Trinajstić information content (AvgIpc) is 2.88. The molecular formula is C18H18N2O2. The quantitative estimate of drug-likeness (QED) is 0.852. The summed E-state index contributed by atoms with van der Waals surface area (Å²) in [6.45, 7) is 3.34. The van der Waals surface area contributed by atoms with Crippen molar-refractivity contribution in [3.8, 4) is 0 Å². The van der Waals surface area contributed by atoms with Gasteiger partial charge in [0.2, 0.25) is 0 Å². The van der Waals surface area contributed by atoms with E-state index in [9.17, 15) is 4.79 Å². The van der Waals surface area contributed by atoms with Gasteiger partial charge in [-0.05, 0) is 29.7 Å². The molecule has 2 aliphatic heterocycles. The van der Waals surface area contributed by atoms with Crippen LogP contribution in [0.4, 0.5) is 5.69 Å². The van der Waals surface area contributed by atoms with E-state index in [0.29, 0.717) is 12.1 Å². The predicted octanol–water partition coefficient (Wildman–Crippen LogP) is 2.64. The molecule has 4 rings (SSSR count). The van der Waals surface area contributed by atoms with Crippen LogP contribution in [0.1, 0.15) is 21.5 Å². The normalized spacial score (nSPS) is 17.0. The second-order valence-corrected chi connectivity index (χ2v) is 5.77. The van der Waals surface area contributed by atoms with E-state index >= 15 is 0 Å². The Morgan fingerprint density at radius 2 is 1.73 bits per heavy atom. The van der Waals surface area contributed by atoms with Gasteiger partial charge >= 0.3 is 5.97 Å². The molecule has 0 spiro atoms. The monoisotopic (exact) mass is 294 g/mol. The number of hydroxylamine groups is 2. The van der Waals surface area contributed by atoms with Crippen molar-refractivity contribution in [3.05, 3.63) is 65.2 Å². The fourth-order valence-corrected chi connectivity index (χ4v) is 3.29. The summed E-state index contributed by atoms with van der Waals surface area (Å²) in [5.74, 6) is -0.288. The van der Waals surface area contributed by atoms with Crippen molar-refractivity contribution in [1.82, 2.24) is 5.06 Å². The molecule has 4 heteroatoms. The fraction of sp³-hybridized carbons (Fsp3) is 0.278. The zero-order chi connectivity index (χ0) is 14.9. The Morgan fingerprint density at radius 3 is 2.59 bits per heavy atom. The maximum absolute atomic E-state index is 12.2. The predicted molar refractivity (Wildman–Crippen MR) is 84.6 cm³/mol. The first kappa shape index (κ1) is 13.3. The topological polar surface area (TPSA) is 32.8 Å². The third-order valence-corrected chi connectivity index (χ3v) is 4.36. The Labute approximate surface area is 129 Å². The molecule has 2 aliphatic rings. The molecular weight excluding hydrogens is 276 g/mol. The van der Waals surface area contributed by atoms with Gasteiger partial charge in [-0.25, -0.2) is 4.79 Å². The van der Waals surface area contributed by atoms with Crippen molar-refractivity contribution in [3.63, 3.8) is 0 Å². The molecule has 0 radical (unpaired) electrons. The van der Waals surface area contributed by atoms with Gasteiger partial charge in [0.15, 0.2) is 0 Å². The summed E-state index contributed by atoms with van der Waals surface area (Å²) in [7, 11) is 0. The van der Waals surface area contributed by atoms with Gasteiger partial charge < -0.3 is 9.74 Å². The van der Waals surface area contributed by atoms with Crippen molar-refractivity contribution < 1.29 is 9.63 Å². The van der Waals surface area contributed by atoms with Crippen molar-refractivity contribution >= 4 is 11.7 Å². The standard InChI is InChI=1S/C18H18N2O2/c21-18(15-5-2-1-3-6-15)22-20-12-11-19-10-9-14-7-4-8-16(13-20)17(14)19/h1-8H,9-13H2. The molecule has 4 nitrogen and oxygen atoms in total. The second-order valence-electron chi connectivity index (χ2n) is 5.77. The van der Waals surface area contributed by atoms with Crippen LogP contribution >= 0.6 is 0 Å². The van der Waals surface area contributed by atoms with Crippen molar-refractivity contribution in [2.75, 3.05) is 24.5 Å². The van der Waals surface area contributed by atoms with Crippen LogP contribution in [-0.4, -0.2) is 30.7 Å². The maximum atomic E-state index is 12.2. The van der Waals surface area contributed by atoms with Gasteiger partial charge in [0.05, 0.1) is 18.7 Å². The molecule has 2 heterocycles. The van der Waals surface area contributed by atoms with E-state index in [1.807, 2.05) is 18.2 Å². The molecule has 0 saturated heterocycles. The summed E-state index contributed by atoms with van der Waals surface area (Å²) < 4.78 is 0. The molecule has 0 saturated carbocycles. The number of carbonyl (C=O) groups excluding carboxylic acids is 1. The minimum atomic E-state index is -0.288. The molecule has 2 aromatic carbocycles. The second kappa shape index (κ2) is 5.46. The number of anilines is 1. The van der Waals surface area contributed by atoms with E-state index in [1.54, 1.807) is 17.2 Å². The van der Waals surface area contributed by atoms with Gasteiger partial charge in [-0.1, -0.05) is 36.4 Å². The molecule has 0 amide bonds. The lowest BCUT2D eigenvalue weighted by molar-refractivity contribution is -0.113. The molecule has 0 N–H and O–H groups in total. The van der Waals surface area contributed by atoms with E-state index in [4.69, 9.17) is 4.84 Å². The maximum Gasteiger partial charge on any atom is 0.357 e. The van der Waals surface area contributed by atoms with E-state index in [-0.39, 0.29) is 5.97 Å². The van der Waals surface area contributed by atoms with Crippen molar-refractivity contribution in [1.29, 1.82) is 0 Å². The first-order chi connectivity index (χ1) is 10.8. The minimum Gasteiger partial charge on any atom is -0.369 e. The molecule has 0 fully saturated rings. The molecule has 0 aromatic heterocycles. The third kappa shape index (κ3) is 2.35. The Hall–Kier alpha value is -2.33. The third-order valence-electron chi connectivity index (χ3n) is 4.36. The van der Waals surface area contributed by atoms with Gasteiger partial charge in [-0.2, -0.15) is 0 Å². The molecule has 22 heavy (non-hydrogen) atoms. The first-order valence-corrected chi connectivity index (χ1v) is 7.69. The number of rotatable bonds is 2. The van der Waals surface area contributed by atoms with Crippen LogP contribution in [0.3, 0.4) is 0 Å². The van der Waals surface area contributed by atoms with Gasteiger partial charge in [0.25, 0.3) is 0 Å². The van der Waals surface area contributed by atoms with E-state index in [0.717, 1.165) is 26.1 Å². The molecule has 0 bridgehead atoms. The Morgan fingerprint density at radius 1 is 0.909 bits per heavy atom. The lowest BCUT2D eigenvalue weighted by Crippen LogP contribution is -2.32. The Kier molecular flexibility index (Phi) is 3.31. The summed E-state index contributed by atoms with van der Waals surface area (Å²) >= 11 is 0. The first-order valence-electron chi connectivity index (χ1n) is 7.69. The zero-order valence-corrected chi connectivity index (χ0v) is 12.4. The molecule has 0 atom stereocenters. The Balaban J connectivity index is 1.54. The molecule has 112 valence electrons. The van der Waals surface area contributed by atoms with Crippen molar-refractivity contribution in [2.45, 2.75) is 13.0 Å². The number of hydrogen-bond acceptors (Lipinski definition) is 4. The summed E-state index contributed by atoms with van der Waals surface area (Å²) in [4.78, 5) is 20.2. The summed E-state index contributed by atoms with van der Waals surface area (Å²) in [6.07, 6.45) is 1.12. The van der Waals surface area contributed by atoms with Crippen molar-refractivity contribution in [2.24, 2.45) is 0 Å². The average molecular weight is 294 g/mol. The minimum absolute atomic E-state index is 0.288. The number of para-hydroxylation sites is 1. The van der Waals surface area contributed by atoms with Crippen LogP contribution in [0.15, 0.2) is 48.5 Å². The highest BCUT2D eigenvalue weighted by atomic mass is 16.7. The lowest BCUT2D eigenvalue weighted by Gasteiger charge is -2.20. The highest BCUT2D eigenvalue weighted by molar-refractivity contribution is 5.89. The van der Waals surface area contributed by atoms with Crippen LogP contribution in [-0.2, 0) is 17.8 Å². The van der Waals surface area contributed by atoms with Gasteiger partial charge in [0, 0.05) is 18.8 Å². The van der Waals surface area contributed by atoms with Gasteiger partial charge in [-0.3, -0.25) is 0 Å². The summed E-state index contributed by atoms with van der Waals surface area (Å²) in [5.41, 5.74) is 4.59. The molecule has 2 aromatic rings. The van der Waals surface area contributed by atoms with E-state index < -0.39 is 0 Å². The summed E-state index contributed by atoms with van der Waals surface area (Å²) in [5, 5.41) is 1.78. The van der Waals surface area contributed by atoms with Crippen LogP contribution in [0.25, 0.3) is 0 Å². The lowest BCUT2D eigenvalue weighted by atomic mass is 10.1. The highest BCUT2D eigenvalue weighted by Crippen LogP contribution is 2.34. The van der Waals surface area contributed by atoms with Crippen LogP contribution in [0.5, 0.6) is 0 Å².